The molecular formula is C28H27N5OS2. The van der Waals surface area contributed by atoms with Gasteiger partial charge in [0.2, 0.25) is 5.91 Å². The van der Waals surface area contributed by atoms with Crippen molar-refractivity contribution in [2.45, 2.75) is 51.1 Å². The number of hydrogen-bond acceptors (Lipinski definition) is 6. The van der Waals surface area contributed by atoms with Crippen LogP contribution in [0.1, 0.15) is 46.4 Å². The highest BCUT2D eigenvalue weighted by atomic mass is 32.2. The highest BCUT2D eigenvalue weighted by Crippen LogP contribution is 2.37. The molecule has 0 saturated heterocycles. The Hall–Kier alpha value is -3.41. The quantitative estimate of drug-likeness (QED) is 0.235. The molecule has 1 N–H and O–H groups in total. The summed E-state index contributed by atoms with van der Waals surface area (Å²) < 4.78 is 2.00. The number of anilines is 1. The fourth-order valence-electron chi connectivity index (χ4n) is 4.50. The van der Waals surface area contributed by atoms with E-state index in [2.05, 4.69) is 59.7 Å². The van der Waals surface area contributed by atoms with Crippen LogP contribution in [0.3, 0.4) is 0 Å². The Morgan fingerprint density at radius 3 is 2.67 bits per heavy atom. The van der Waals surface area contributed by atoms with Crippen molar-refractivity contribution in [3.05, 3.63) is 75.7 Å². The summed E-state index contributed by atoms with van der Waals surface area (Å²) in [5.41, 5.74) is 5.99. The van der Waals surface area contributed by atoms with Gasteiger partial charge in [-0.15, -0.1) is 21.5 Å². The summed E-state index contributed by atoms with van der Waals surface area (Å²) in [5, 5.41) is 23.0. The van der Waals surface area contributed by atoms with Crippen LogP contribution in [0.5, 0.6) is 0 Å². The third-order valence-electron chi connectivity index (χ3n) is 6.32. The third kappa shape index (κ3) is 5.08. The maximum atomic E-state index is 13.0. The number of aromatic nitrogens is 3. The van der Waals surface area contributed by atoms with Crippen molar-refractivity contribution >= 4 is 34.0 Å². The Labute approximate surface area is 219 Å². The van der Waals surface area contributed by atoms with Crippen molar-refractivity contribution in [2.75, 3.05) is 11.1 Å². The van der Waals surface area contributed by atoms with Gasteiger partial charge in [-0.1, -0.05) is 59.6 Å². The first-order chi connectivity index (χ1) is 17.5. The van der Waals surface area contributed by atoms with Crippen molar-refractivity contribution in [3.8, 4) is 23.1 Å². The lowest BCUT2D eigenvalue weighted by Crippen LogP contribution is -2.14. The number of rotatable bonds is 6. The second-order valence-electron chi connectivity index (χ2n) is 9.06. The number of hydrogen-bond donors (Lipinski definition) is 1. The molecular weight excluding hydrogens is 486 g/mol. The zero-order valence-corrected chi connectivity index (χ0v) is 22.0. The Balaban J connectivity index is 1.39. The smallest absolute Gasteiger partial charge is 0.235 e. The largest absolute Gasteiger partial charge is 0.316 e. The van der Waals surface area contributed by atoms with Gasteiger partial charge >= 0.3 is 0 Å². The van der Waals surface area contributed by atoms with Crippen LogP contribution in [-0.2, 0) is 17.6 Å². The molecule has 0 atom stereocenters. The lowest BCUT2D eigenvalue weighted by Gasteiger charge is -2.11. The van der Waals surface area contributed by atoms with E-state index in [0.717, 1.165) is 53.9 Å². The van der Waals surface area contributed by atoms with Crippen LogP contribution >= 0.6 is 23.1 Å². The number of carbonyl (C=O) groups excluding carboxylic acids is 1. The van der Waals surface area contributed by atoms with E-state index < -0.39 is 0 Å². The van der Waals surface area contributed by atoms with Gasteiger partial charge in [-0.05, 0) is 63.3 Å². The van der Waals surface area contributed by atoms with Crippen LogP contribution in [0.15, 0.2) is 53.7 Å². The molecule has 0 saturated carbocycles. The van der Waals surface area contributed by atoms with E-state index >= 15 is 0 Å². The standard InChI is InChI=1S/C28H27N5OS2/c1-18-11-13-21(14-12-18)33-26(20-8-6-7-19(2)15-20)31-32-28(33)35-17-25(34)30-27-23(16-29)22-9-4-3-5-10-24(22)36-27/h6-8,11-15H,3-5,9-10,17H2,1-2H3,(H,30,34). The zero-order chi connectivity index (χ0) is 25.1. The van der Waals surface area contributed by atoms with Crippen LogP contribution in [0.25, 0.3) is 17.1 Å². The van der Waals surface area contributed by atoms with E-state index in [-0.39, 0.29) is 11.7 Å². The number of fused-ring (bicyclic) bond motifs is 1. The molecule has 2 aromatic carbocycles. The molecule has 36 heavy (non-hydrogen) atoms. The summed E-state index contributed by atoms with van der Waals surface area (Å²) in [5.74, 6) is 0.758. The van der Waals surface area contributed by atoms with Crippen LogP contribution in [0, 0.1) is 25.2 Å². The van der Waals surface area contributed by atoms with Gasteiger partial charge in [-0.25, -0.2) is 0 Å². The molecule has 0 radical (unpaired) electrons. The first kappa shape index (κ1) is 24.3. The number of amides is 1. The van der Waals surface area contributed by atoms with Crippen LogP contribution < -0.4 is 5.32 Å². The molecule has 1 aliphatic rings. The monoisotopic (exact) mass is 513 g/mol. The van der Waals surface area contributed by atoms with Gasteiger partial charge in [0.15, 0.2) is 11.0 Å². The average Bonchev–Trinajstić information content (AvgIpc) is 3.36. The number of thioether (sulfide) groups is 1. The summed E-state index contributed by atoms with van der Waals surface area (Å²) in [6, 6.07) is 18.7. The van der Waals surface area contributed by atoms with Crippen molar-refractivity contribution < 1.29 is 4.79 Å². The molecule has 0 spiro atoms. The highest BCUT2D eigenvalue weighted by molar-refractivity contribution is 7.99. The van der Waals surface area contributed by atoms with Crippen molar-refractivity contribution in [3.63, 3.8) is 0 Å². The van der Waals surface area contributed by atoms with Crippen LogP contribution in [0.2, 0.25) is 0 Å². The zero-order valence-electron chi connectivity index (χ0n) is 20.4. The first-order valence-corrected chi connectivity index (χ1v) is 13.9. The predicted octanol–water partition coefficient (Wildman–Crippen LogP) is 6.48. The summed E-state index contributed by atoms with van der Waals surface area (Å²) in [4.78, 5) is 14.2. The number of carbonyl (C=O) groups is 1. The van der Waals surface area contributed by atoms with E-state index in [0.29, 0.717) is 15.7 Å². The number of nitrogens with one attached hydrogen (secondary N) is 1. The molecule has 0 unspecified atom stereocenters. The molecule has 0 fully saturated rings. The number of nitrogens with zero attached hydrogens (tertiary/aromatic N) is 4. The average molecular weight is 514 g/mol. The molecule has 8 heteroatoms. The van der Waals surface area contributed by atoms with Gasteiger partial charge in [0.1, 0.15) is 11.1 Å². The number of aryl methyl sites for hydroxylation is 3. The minimum atomic E-state index is -0.150. The van der Waals surface area contributed by atoms with Gasteiger partial charge in [0, 0.05) is 16.1 Å². The van der Waals surface area contributed by atoms with E-state index in [1.165, 1.54) is 28.6 Å². The SMILES string of the molecule is Cc1ccc(-n2c(SCC(=O)Nc3sc4c(c3C#N)CCCCC4)nnc2-c2cccc(C)c2)cc1. The summed E-state index contributed by atoms with van der Waals surface area (Å²) >= 11 is 2.90. The van der Waals surface area contributed by atoms with Gasteiger partial charge in [0.05, 0.1) is 11.3 Å². The maximum absolute atomic E-state index is 13.0. The fourth-order valence-corrected chi connectivity index (χ4v) is 6.51. The minimum absolute atomic E-state index is 0.150. The first-order valence-electron chi connectivity index (χ1n) is 12.1. The van der Waals surface area contributed by atoms with E-state index in [1.807, 2.05) is 28.8 Å². The van der Waals surface area contributed by atoms with Crippen molar-refractivity contribution in [1.82, 2.24) is 14.8 Å². The molecule has 5 rings (SSSR count). The van der Waals surface area contributed by atoms with Gasteiger partial charge < -0.3 is 5.32 Å². The van der Waals surface area contributed by atoms with Crippen LogP contribution in [-0.4, -0.2) is 26.4 Å². The van der Waals surface area contributed by atoms with Gasteiger partial charge in [-0.3, -0.25) is 9.36 Å². The van der Waals surface area contributed by atoms with Crippen molar-refractivity contribution in [1.29, 1.82) is 5.26 Å². The Kier molecular flexibility index (Phi) is 7.21. The highest BCUT2D eigenvalue weighted by Gasteiger charge is 2.22. The summed E-state index contributed by atoms with van der Waals surface area (Å²) in [7, 11) is 0. The molecule has 182 valence electrons. The lowest BCUT2D eigenvalue weighted by atomic mass is 10.1. The van der Waals surface area contributed by atoms with E-state index in [4.69, 9.17) is 0 Å². The topological polar surface area (TPSA) is 83.6 Å². The van der Waals surface area contributed by atoms with Crippen molar-refractivity contribution in [2.24, 2.45) is 0 Å². The number of thiophene rings is 1. The molecule has 6 nitrogen and oxygen atoms in total. The normalized spacial score (nSPS) is 13.0. The lowest BCUT2D eigenvalue weighted by molar-refractivity contribution is -0.113. The number of nitriles is 1. The van der Waals surface area contributed by atoms with Crippen LogP contribution in [0.4, 0.5) is 5.00 Å². The third-order valence-corrected chi connectivity index (χ3v) is 8.46. The molecule has 0 aliphatic heterocycles. The van der Waals surface area contributed by atoms with Gasteiger partial charge in [0.25, 0.3) is 0 Å². The molecule has 1 aliphatic carbocycles. The maximum Gasteiger partial charge on any atom is 0.235 e. The molecule has 2 heterocycles. The van der Waals surface area contributed by atoms with E-state index in [1.54, 1.807) is 11.3 Å². The fraction of sp³-hybridized carbons (Fsp3) is 0.286. The van der Waals surface area contributed by atoms with E-state index in [9.17, 15) is 10.1 Å². The molecule has 0 bridgehead atoms. The number of benzene rings is 2. The minimum Gasteiger partial charge on any atom is -0.316 e. The molecule has 4 aromatic rings. The molecule has 2 aromatic heterocycles. The predicted molar refractivity (Wildman–Crippen MR) is 146 cm³/mol. The summed E-state index contributed by atoms with van der Waals surface area (Å²) in [6.45, 7) is 4.10. The molecule has 1 amide bonds. The van der Waals surface area contributed by atoms with Gasteiger partial charge in [-0.2, -0.15) is 5.26 Å². The Bertz CT molecular complexity index is 1450. The second kappa shape index (κ2) is 10.7. The Morgan fingerprint density at radius 2 is 1.89 bits per heavy atom. The summed E-state index contributed by atoms with van der Waals surface area (Å²) in [6.07, 6.45) is 5.33. The second-order valence-corrected chi connectivity index (χ2v) is 11.1. The Morgan fingerprint density at radius 1 is 1.08 bits per heavy atom.